The molecule has 5 nitrogen and oxygen atoms in total. The van der Waals surface area contributed by atoms with Crippen LogP contribution in [0.25, 0.3) is 6.08 Å². The van der Waals surface area contributed by atoms with Crippen molar-refractivity contribution in [3.63, 3.8) is 0 Å². The molecule has 0 radical (unpaired) electrons. The lowest BCUT2D eigenvalue weighted by molar-refractivity contribution is -0.138. The van der Waals surface area contributed by atoms with Crippen molar-refractivity contribution in [1.82, 2.24) is 4.98 Å². The molecule has 0 saturated heterocycles. The molecular weight excluding hydrogens is 411 g/mol. The Labute approximate surface area is 171 Å². The van der Waals surface area contributed by atoms with Gasteiger partial charge >= 0.3 is 12.1 Å². The summed E-state index contributed by atoms with van der Waals surface area (Å²) in [4.78, 5) is 15.2. The summed E-state index contributed by atoms with van der Waals surface area (Å²) in [5, 5.41) is -0.310. The first-order valence-electron chi connectivity index (χ1n) is 8.66. The van der Waals surface area contributed by atoms with E-state index in [2.05, 4.69) is 4.98 Å². The second-order valence-electron chi connectivity index (χ2n) is 6.06. The Bertz CT molecular complexity index is 898. The van der Waals surface area contributed by atoms with Gasteiger partial charge in [-0.15, -0.1) is 0 Å². The van der Waals surface area contributed by atoms with Crippen LogP contribution in [0.4, 0.5) is 13.2 Å². The van der Waals surface area contributed by atoms with Gasteiger partial charge in [0.25, 0.3) is 0 Å². The van der Waals surface area contributed by atoms with Crippen molar-refractivity contribution in [2.45, 2.75) is 33.1 Å². The molecule has 0 amide bonds. The topological polar surface area (TPSA) is 57.7 Å². The van der Waals surface area contributed by atoms with Gasteiger partial charge in [0.1, 0.15) is 16.5 Å². The highest BCUT2D eigenvalue weighted by Crippen LogP contribution is 2.36. The summed E-state index contributed by atoms with van der Waals surface area (Å²) in [6.45, 7) is 5.57. The zero-order chi connectivity index (χ0) is 21.6. The average molecular weight is 430 g/mol. The van der Waals surface area contributed by atoms with Crippen molar-refractivity contribution >= 4 is 23.6 Å². The molecule has 0 bridgehead atoms. The van der Waals surface area contributed by atoms with Crippen LogP contribution in [0, 0.1) is 0 Å². The van der Waals surface area contributed by atoms with E-state index in [-0.39, 0.29) is 29.4 Å². The summed E-state index contributed by atoms with van der Waals surface area (Å²) in [5.41, 5.74) is -0.541. The number of hydrogen-bond donors (Lipinski definition) is 0. The third kappa shape index (κ3) is 6.67. The maximum Gasteiger partial charge on any atom is 0.417 e. The Balaban J connectivity index is 2.38. The molecule has 1 aromatic carbocycles. The molecule has 0 atom stereocenters. The van der Waals surface area contributed by atoms with Crippen molar-refractivity contribution in [2.24, 2.45) is 0 Å². The molecule has 29 heavy (non-hydrogen) atoms. The molecule has 0 N–H and O–H groups in total. The molecule has 0 unspecified atom stereocenters. The lowest BCUT2D eigenvalue weighted by Gasteiger charge is -2.14. The fraction of sp³-hybridized carbons (Fsp3) is 0.300. The standard InChI is InChI=1S/C20H19ClF3NO4/c1-4-27-18(26)8-6-13-5-7-15(28-12(2)3)10-17(13)29-19-16(21)9-14(11-25-19)20(22,23)24/h5-12H,4H2,1-3H3. The van der Waals surface area contributed by atoms with Crippen LogP contribution < -0.4 is 9.47 Å². The summed E-state index contributed by atoms with van der Waals surface area (Å²) in [6.07, 6.45) is -1.41. The van der Waals surface area contributed by atoms with E-state index in [0.29, 0.717) is 17.5 Å². The number of esters is 1. The Morgan fingerprint density at radius 3 is 2.59 bits per heavy atom. The Morgan fingerprint density at radius 2 is 2.00 bits per heavy atom. The Kier molecular flexibility index (Phi) is 7.50. The second-order valence-corrected chi connectivity index (χ2v) is 6.47. The number of rotatable bonds is 7. The van der Waals surface area contributed by atoms with Crippen LogP contribution in [0.5, 0.6) is 17.4 Å². The number of nitrogens with zero attached hydrogens (tertiary/aromatic N) is 1. The van der Waals surface area contributed by atoms with Gasteiger partial charge < -0.3 is 14.2 Å². The van der Waals surface area contributed by atoms with Gasteiger partial charge in [-0.3, -0.25) is 0 Å². The molecule has 1 heterocycles. The number of hydrogen-bond acceptors (Lipinski definition) is 5. The molecular formula is C20H19ClF3NO4. The van der Waals surface area contributed by atoms with Crippen LogP contribution in [0.3, 0.4) is 0 Å². The molecule has 1 aromatic heterocycles. The van der Waals surface area contributed by atoms with E-state index >= 15 is 0 Å². The first-order chi connectivity index (χ1) is 13.6. The van der Waals surface area contributed by atoms with Crippen LogP contribution in [-0.2, 0) is 15.7 Å². The van der Waals surface area contributed by atoms with Gasteiger partial charge in [-0.2, -0.15) is 13.2 Å². The highest BCUT2D eigenvalue weighted by atomic mass is 35.5. The number of halogens is 4. The van der Waals surface area contributed by atoms with Gasteiger partial charge in [0.15, 0.2) is 0 Å². The van der Waals surface area contributed by atoms with E-state index in [1.165, 1.54) is 18.2 Å². The largest absolute Gasteiger partial charge is 0.491 e. The van der Waals surface area contributed by atoms with Crippen LogP contribution >= 0.6 is 11.6 Å². The van der Waals surface area contributed by atoms with Gasteiger partial charge in [0, 0.05) is 23.9 Å². The van der Waals surface area contributed by atoms with Crippen LogP contribution in [-0.4, -0.2) is 23.7 Å². The number of aromatic nitrogens is 1. The number of alkyl halides is 3. The quantitative estimate of drug-likeness (QED) is 0.404. The molecule has 156 valence electrons. The average Bonchev–Trinajstić information content (AvgIpc) is 2.61. The highest BCUT2D eigenvalue weighted by molar-refractivity contribution is 6.31. The van der Waals surface area contributed by atoms with Crippen molar-refractivity contribution in [3.05, 3.63) is 52.7 Å². The van der Waals surface area contributed by atoms with E-state index in [4.69, 9.17) is 25.8 Å². The zero-order valence-electron chi connectivity index (χ0n) is 15.9. The van der Waals surface area contributed by atoms with Crippen molar-refractivity contribution in [2.75, 3.05) is 6.61 Å². The van der Waals surface area contributed by atoms with Gasteiger partial charge in [-0.1, -0.05) is 11.6 Å². The van der Waals surface area contributed by atoms with E-state index in [0.717, 1.165) is 6.07 Å². The predicted molar refractivity (Wildman–Crippen MR) is 102 cm³/mol. The molecule has 9 heteroatoms. The Hall–Kier alpha value is -2.74. The minimum absolute atomic E-state index is 0.114. The minimum Gasteiger partial charge on any atom is -0.491 e. The normalized spacial score (nSPS) is 11.7. The number of pyridine rings is 1. The number of carbonyl (C=O) groups is 1. The first kappa shape index (κ1) is 22.5. The second kappa shape index (κ2) is 9.65. The van der Waals surface area contributed by atoms with E-state index in [1.807, 2.05) is 13.8 Å². The van der Waals surface area contributed by atoms with E-state index < -0.39 is 17.7 Å². The predicted octanol–water partition coefficient (Wildman–Crippen LogP) is 5.91. The van der Waals surface area contributed by atoms with Crippen molar-refractivity contribution in [1.29, 1.82) is 0 Å². The number of ether oxygens (including phenoxy) is 3. The molecule has 0 fully saturated rings. The van der Waals surface area contributed by atoms with Gasteiger partial charge in [0.2, 0.25) is 5.88 Å². The lowest BCUT2D eigenvalue weighted by Crippen LogP contribution is -2.06. The Morgan fingerprint density at radius 1 is 1.28 bits per heavy atom. The summed E-state index contributed by atoms with van der Waals surface area (Å²) in [5.74, 6) is -0.108. The molecule has 2 rings (SSSR count). The summed E-state index contributed by atoms with van der Waals surface area (Å²) >= 11 is 5.92. The summed E-state index contributed by atoms with van der Waals surface area (Å²) < 4.78 is 54.5. The third-order valence-electron chi connectivity index (χ3n) is 3.38. The fourth-order valence-corrected chi connectivity index (χ4v) is 2.40. The SMILES string of the molecule is CCOC(=O)C=Cc1ccc(OC(C)C)cc1Oc1ncc(C(F)(F)F)cc1Cl. The maximum absolute atomic E-state index is 12.8. The van der Waals surface area contributed by atoms with Crippen molar-refractivity contribution in [3.8, 4) is 17.4 Å². The molecule has 0 aliphatic carbocycles. The maximum atomic E-state index is 12.8. The smallest absolute Gasteiger partial charge is 0.417 e. The van der Waals surface area contributed by atoms with Crippen LogP contribution in [0.15, 0.2) is 36.5 Å². The van der Waals surface area contributed by atoms with Crippen LogP contribution in [0.1, 0.15) is 31.9 Å². The fourth-order valence-electron chi connectivity index (χ4n) is 2.19. The van der Waals surface area contributed by atoms with E-state index in [1.54, 1.807) is 19.1 Å². The molecule has 0 saturated carbocycles. The third-order valence-corrected chi connectivity index (χ3v) is 3.65. The first-order valence-corrected chi connectivity index (χ1v) is 9.04. The monoisotopic (exact) mass is 429 g/mol. The number of carbonyl (C=O) groups excluding carboxylic acids is 1. The molecule has 0 spiro atoms. The molecule has 0 aliphatic rings. The zero-order valence-corrected chi connectivity index (χ0v) is 16.7. The molecule has 0 aliphatic heterocycles. The lowest BCUT2D eigenvalue weighted by atomic mass is 10.1. The van der Waals surface area contributed by atoms with E-state index in [9.17, 15) is 18.0 Å². The van der Waals surface area contributed by atoms with Gasteiger partial charge in [-0.25, -0.2) is 9.78 Å². The van der Waals surface area contributed by atoms with Crippen LogP contribution in [0.2, 0.25) is 5.02 Å². The number of benzene rings is 1. The van der Waals surface area contributed by atoms with Gasteiger partial charge in [-0.05, 0) is 45.0 Å². The highest BCUT2D eigenvalue weighted by Gasteiger charge is 2.31. The molecule has 2 aromatic rings. The summed E-state index contributed by atoms with van der Waals surface area (Å²) in [6, 6.07) is 5.55. The summed E-state index contributed by atoms with van der Waals surface area (Å²) in [7, 11) is 0. The van der Waals surface area contributed by atoms with Crippen molar-refractivity contribution < 1.29 is 32.2 Å². The van der Waals surface area contributed by atoms with Gasteiger partial charge in [0.05, 0.1) is 18.3 Å². The minimum atomic E-state index is -4.58.